The van der Waals surface area contributed by atoms with Crippen LogP contribution >= 0.6 is 35.3 Å². The van der Waals surface area contributed by atoms with Crippen LogP contribution in [0.15, 0.2) is 29.3 Å². The summed E-state index contributed by atoms with van der Waals surface area (Å²) in [5.74, 6) is 1.89. The van der Waals surface area contributed by atoms with Crippen LogP contribution in [0.4, 0.5) is 0 Å². The topological polar surface area (TPSA) is 58.5 Å². The van der Waals surface area contributed by atoms with E-state index in [-0.39, 0.29) is 35.6 Å². The van der Waals surface area contributed by atoms with Gasteiger partial charge in [-0.2, -0.15) is 0 Å². The van der Waals surface area contributed by atoms with Crippen LogP contribution in [0.1, 0.15) is 66.2 Å². The second-order valence-corrected chi connectivity index (χ2v) is 9.16. The van der Waals surface area contributed by atoms with E-state index in [1.807, 2.05) is 6.92 Å². The summed E-state index contributed by atoms with van der Waals surface area (Å²) in [5.41, 5.74) is 2.30. The lowest BCUT2D eigenvalue weighted by Crippen LogP contribution is -2.46. The smallest absolute Gasteiger partial charge is 0.192 e. The van der Waals surface area contributed by atoms with Crippen molar-refractivity contribution < 1.29 is 4.74 Å². The fourth-order valence-corrected chi connectivity index (χ4v) is 5.29. The summed E-state index contributed by atoms with van der Waals surface area (Å²) in [6, 6.07) is 8.66. The molecular weight excluding hydrogens is 495 g/mol. The average molecular weight is 526 g/mol. The Morgan fingerprint density at radius 2 is 2.03 bits per heavy atom. The summed E-state index contributed by atoms with van der Waals surface area (Å²) in [6.45, 7) is 7.71. The van der Waals surface area contributed by atoms with Crippen LogP contribution < -0.4 is 15.4 Å². The number of hydrogen-bond acceptors (Lipinski definition) is 4. The van der Waals surface area contributed by atoms with Crippen LogP contribution in [-0.4, -0.2) is 23.1 Å². The summed E-state index contributed by atoms with van der Waals surface area (Å²) >= 11 is 1.73. The third-order valence-electron chi connectivity index (χ3n) is 5.75. The van der Waals surface area contributed by atoms with Gasteiger partial charge >= 0.3 is 0 Å². The zero-order chi connectivity index (χ0) is 19.6. The Kier molecular flexibility index (Phi) is 7.42. The van der Waals surface area contributed by atoms with Gasteiger partial charge in [-0.05, 0) is 52.5 Å². The zero-order valence-corrected chi connectivity index (χ0v) is 20.6. The number of thiazole rings is 1. The van der Waals surface area contributed by atoms with Gasteiger partial charge in [0.15, 0.2) is 5.96 Å². The molecule has 1 aromatic heterocycles. The summed E-state index contributed by atoms with van der Waals surface area (Å²) in [4.78, 5) is 10.6. The molecule has 1 unspecified atom stereocenters. The Bertz CT molecular complexity index is 860. The SMILES string of the molecule is CCNC(=NCc1sc(C)nc1C)NC1CC2(CCCC2)Oc2ccccc21.I. The number of ether oxygens (including phenoxy) is 1. The molecule has 2 N–H and O–H groups in total. The van der Waals surface area contributed by atoms with Gasteiger partial charge in [0.2, 0.25) is 0 Å². The van der Waals surface area contributed by atoms with E-state index in [4.69, 9.17) is 9.73 Å². The number of guanidine groups is 1. The molecule has 2 aliphatic rings. The van der Waals surface area contributed by atoms with Gasteiger partial charge in [0.25, 0.3) is 0 Å². The number of nitrogens with zero attached hydrogens (tertiary/aromatic N) is 2. The predicted octanol–water partition coefficient (Wildman–Crippen LogP) is 5.27. The molecule has 2 heterocycles. The quantitative estimate of drug-likeness (QED) is 0.324. The van der Waals surface area contributed by atoms with Gasteiger partial charge in [-0.15, -0.1) is 35.3 Å². The van der Waals surface area contributed by atoms with E-state index in [0.717, 1.165) is 48.2 Å². The van der Waals surface area contributed by atoms with E-state index in [0.29, 0.717) is 6.54 Å². The summed E-state index contributed by atoms with van der Waals surface area (Å²) in [6.07, 6.45) is 5.80. The van der Waals surface area contributed by atoms with Crippen LogP contribution in [0.25, 0.3) is 0 Å². The molecule has 1 aliphatic heterocycles. The zero-order valence-electron chi connectivity index (χ0n) is 17.5. The molecule has 0 bridgehead atoms. The van der Waals surface area contributed by atoms with E-state index in [2.05, 4.69) is 53.7 Å². The molecule has 1 aliphatic carbocycles. The highest BCUT2D eigenvalue weighted by atomic mass is 127. The molecule has 1 atom stereocenters. The molecule has 0 radical (unpaired) electrons. The van der Waals surface area contributed by atoms with Gasteiger partial charge in [-0.1, -0.05) is 18.2 Å². The number of hydrogen-bond donors (Lipinski definition) is 2. The van der Waals surface area contributed by atoms with Gasteiger partial charge in [-0.3, -0.25) is 0 Å². The Hall–Kier alpha value is -1.35. The Morgan fingerprint density at radius 1 is 1.28 bits per heavy atom. The highest BCUT2D eigenvalue weighted by Gasteiger charge is 2.43. The van der Waals surface area contributed by atoms with Crippen LogP contribution in [0.3, 0.4) is 0 Å². The number of para-hydroxylation sites is 1. The minimum absolute atomic E-state index is 0. The number of aromatic nitrogens is 1. The number of nitrogens with one attached hydrogen (secondary N) is 2. The lowest BCUT2D eigenvalue weighted by atomic mass is 9.86. The average Bonchev–Trinajstić information content (AvgIpc) is 3.25. The van der Waals surface area contributed by atoms with Crippen molar-refractivity contribution in [3.63, 3.8) is 0 Å². The van der Waals surface area contributed by atoms with Gasteiger partial charge < -0.3 is 15.4 Å². The third kappa shape index (κ3) is 5.05. The van der Waals surface area contributed by atoms with E-state index < -0.39 is 0 Å². The number of aliphatic imine (C=N–C) groups is 1. The first-order chi connectivity index (χ1) is 13.6. The molecule has 4 rings (SSSR count). The van der Waals surface area contributed by atoms with Crippen molar-refractivity contribution >= 4 is 41.3 Å². The molecule has 0 amide bonds. The number of fused-ring (bicyclic) bond motifs is 1. The van der Waals surface area contributed by atoms with Crippen LogP contribution in [0.2, 0.25) is 0 Å². The first-order valence-electron chi connectivity index (χ1n) is 10.3. The summed E-state index contributed by atoms with van der Waals surface area (Å²) in [7, 11) is 0. The molecule has 158 valence electrons. The largest absolute Gasteiger partial charge is 0.487 e. The first kappa shape index (κ1) is 22.3. The second-order valence-electron chi connectivity index (χ2n) is 7.87. The molecule has 2 aromatic rings. The Morgan fingerprint density at radius 3 is 2.72 bits per heavy atom. The number of rotatable bonds is 4. The third-order valence-corrected chi connectivity index (χ3v) is 6.80. The fraction of sp³-hybridized carbons (Fsp3) is 0.545. The van der Waals surface area contributed by atoms with Gasteiger partial charge in [0.1, 0.15) is 11.4 Å². The number of benzene rings is 1. The van der Waals surface area contributed by atoms with E-state index in [1.54, 1.807) is 11.3 Å². The Labute approximate surface area is 194 Å². The molecule has 1 spiro atoms. The molecule has 29 heavy (non-hydrogen) atoms. The van der Waals surface area contributed by atoms with Crippen LogP contribution in [0, 0.1) is 13.8 Å². The number of aryl methyl sites for hydroxylation is 2. The normalized spacial score (nSPS) is 20.0. The fourth-order valence-electron chi connectivity index (χ4n) is 4.43. The van der Waals surface area contributed by atoms with Gasteiger partial charge in [0.05, 0.1) is 23.3 Å². The standard InChI is InChI=1S/C22H30N4OS.HI/c1-4-23-21(24-14-20-15(2)25-16(3)28-20)26-18-13-22(11-7-8-12-22)27-19-10-6-5-9-17(18)19;/h5-6,9-10,18H,4,7-8,11-14H2,1-3H3,(H2,23,24,26);1H. The van der Waals surface area contributed by atoms with Gasteiger partial charge in [0, 0.05) is 23.4 Å². The maximum atomic E-state index is 6.49. The van der Waals surface area contributed by atoms with Crippen molar-refractivity contribution in [1.82, 2.24) is 15.6 Å². The maximum Gasteiger partial charge on any atom is 0.192 e. The van der Waals surface area contributed by atoms with Crippen molar-refractivity contribution in [2.75, 3.05) is 6.54 Å². The highest BCUT2D eigenvalue weighted by Crippen LogP contribution is 2.46. The van der Waals surface area contributed by atoms with Crippen molar-refractivity contribution in [3.8, 4) is 5.75 Å². The second kappa shape index (κ2) is 9.64. The highest BCUT2D eigenvalue weighted by molar-refractivity contribution is 14.0. The summed E-state index contributed by atoms with van der Waals surface area (Å²) in [5, 5.41) is 8.22. The maximum absolute atomic E-state index is 6.49. The Balaban J connectivity index is 0.00000240. The molecule has 1 fully saturated rings. The summed E-state index contributed by atoms with van der Waals surface area (Å²) < 4.78 is 6.49. The monoisotopic (exact) mass is 526 g/mol. The van der Waals surface area contributed by atoms with E-state index in [9.17, 15) is 0 Å². The minimum Gasteiger partial charge on any atom is -0.487 e. The van der Waals surface area contributed by atoms with Crippen molar-refractivity contribution in [2.24, 2.45) is 4.99 Å². The molecule has 5 nitrogen and oxygen atoms in total. The predicted molar refractivity (Wildman–Crippen MR) is 131 cm³/mol. The van der Waals surface area contributed by atoms with Gasteiger partial charge in [-0.25, -0.2) is 9.98 Å². The number of halogens is 1. The lowest BCUT2D eigenvalue weighted by Gasteiger charge is -2.40. The molecular formula is C22H31IN4OS. The first-order valence-corrected chi connectivity index (χ1v) is 11.2. The molecule has 0 saturated heterocycles. The van der Waals surface area contributed by atoms with Crippen molar-refractivity contribution in [1.29, 1.82) is 0 Å². The van der Waals surface area contributed by atoms with Crippen molar-refractivity contribution in [3.05, 3.63) is 45.4 Å². The molecule has 7 heteroatoms. The van der Waals surface area contributed by atoms with E-state index in [1.165, 1.54) is 23.3 Å². The van der Waals surface area contributed by atoms with E-state index >= 15 is 0 Å². The minimum atomic E-state index is -0.0191. The molecule has 1 saturated carbocycles. The van der Waals surface area contributed by atoms with Crippen LogP contribution in [-0.2, 0) is 6.54 Å². The lowest BCUT2D eigenvalue weighted by molar-refractivity contribution is 0.0396. The van der Waals surface area contributed by atoms with Crippen LogP contribution in [0.5, 0.6) is 5.75 Å². The molecule has 1 aromatic carbocycles. The van der Waals surface area contributed by atoms with Crippen molar-refractivity contribution in [2.45, 2.75) is 71.1 Å².